The summed E-state index contributed by atoms with van der Waals surface area (Å²) in [5, 5.41) is 17.0. The number of amides is 4. The molecule has 0 saturated heterocycles. The first-order valence-corrected chi connectivity index (χ1v) is 6.50. The number of nitrogens with one attached hydrogen (secondary N) is 4. The van der Waals surface area contributed by atoms with E-state index < -0.39 is 47.8 Å². The smallest absolute Gasteiger partial charge is 0.325 e. The molecule has 0 aliphatic carbocycles. The number of carboxylic acids is 1. The molecule has 0 aromatic carbocycles. The van der Waals surface area contributed by atoms with Crippen LogP contribution in [-0.2, 0) is 24.0 Å². The molecule has 0 aromatic heterocycles. The molecule has 0 fully saturated rings. The largest absolute Gasteiger partial charge is 0.480 e. The Bertz CT molecular complexity index is 602. The summed E-state index contributed by atoms with van der Waals surface area (Å²) in [6.45, 7) is 2.50. The minimum Gasteiger partial charge on any atom is -0.480 e. The molecule has 24 heavy (non-hydrogen) atoms. The van der Waals surface area contributed by atoms with Gasteiger partial charge in [0.2, 0.25) is 5.91 Å². The first-order chi connectivity index (χ1) is 11.1. The Morgan fingerprint density at radius 3 is 1.58 bits per heavy atom. The van der Waals surface area contributed by atoms with Crippen LogP contribution in [0.3, 0.4) is 0 Å². The van der Waals surface area contributed by atoms with Gasteiger partial charge in [-0.1, -0.05) is 0 Å². The Balaban J connectivity index is 4.91. The van der Waals surface area contributed by atoms with E-state index in [0.29, 0.717) is 0 Å². The molecule has 10 heteroatoms. The molecule has 0 spiro atoms. The lowest BCUT2D eigenvalue weighted by atomic mass is 10.2. The maximum absolute atomic E-state index is 12.0. The number of carbonyl (C=O) groups is 5. The fourth-order valence-electron chi connectivity index (χ4n) is 1.28. The van der Waals surface area contributed by atoms with Crippen LogP contribution in [0.1, 0.15) is 13.8 Å². The first-order valence-electron chi connectivity index (χ1n) is 6.50. The van der Waals surface area contributed by atoms with Crippen LogP contribution in [0.4, 0.5) is 0 Å². The van der Waals surface area contributed by atoms with Crippen LogP contribution < -0.4 is 21.3 Å². The fourth-order valence-corrected chi connectivity index (χ4v) is 1.28. The van der Waals surface area contributed by atoms with Crippen molar-refractivity contribution in [1.82, 2.24) is 21.3 Å². The van der Waals surface area contributed by atoms with Crippen LogP contribution in [0, 0.1) is 24.7 Å². The highest BCUT2D eigenvalue weighted by atomic mass is 16.4. The average Bonchev–Trinajstić information content (AvgIpc) is 2.53. The van der Waals surface area contributed by atoms with E-state index >= 15 is 0 Å². The molecule has 0 aliphatic heterocycles. The van der Waals surface area contributed by atoms with E-state index in [0.717, 1.165) is 0 Å². The summed E-state index contributed by atoms with van der Waals surface area (Å²) < 4.78 is 0. The van der Waals surface area contributed by atoms with Gasteiger partial charge >= 0.3 is 5.97 Å². The van der Waals surface area contributed by atoms with Crippen molar-refractivity contribution in [3.05, 3.63) is 0 Å². The summed E-state index contributed by atoms with van der Waals surface area (Å²) >= 11 is 0. The van der Waals surface area contributed by atoms with E-state index in [2.05, 4.69) is 10.6 Å². The first kappa shape index (κ1) is 20.5. The average molecular weight is 336 g/mol. The Morgan fingerprint density at radius 2 is 1.21 bits per heavy atom. The van der Waals surface area contributed by atoms with Crippen molar-refractivity contribution in [3.8, 4) is 24.7 Å². The maximum atomic E-state index is 12.0. The molecule has 128 valence electrons. The number of terminal acetylenes is 2. The lowest BCUT2D eigenvalue weighted by Gasteiger charge is -2.21. The molecule has 0 rings (SSSR count). The topological polar surface area (TPSA) is 154 Å². The molecule has 0 aromatic rings. The lowest BCUT2D eigenvalue weighted by Crippen LogP contribution is -2.59. The van der Waals surface area contributed by atoms with Crippen molar-refractivity contribution in [1.29, 1.82) is 0 Å². The van der Waals surface area contributed by atoms with E-state index in [1.54, 1.807) is 11.8 Å². The lowest BCUT2D eigenvalue weighted by molar-refractivity contribution is -0.141. The standard InChI is InChI=1S/C14H16N4O6/c1-5-9(19)17-11(18-10(20)6-2)13(22)15-7(3)12(21)16-8(4)14(23)24/h1-2,7-8,11H,3-4H3,(H,15,22)(H,16,21)(H,17,19)(H,18,20)(H,23,24). The van der Waals surface area contributed by atoms with Crippen molar-refractivity contribution in [3.63, 3.8) is 0 Å². The number of hydrogen-bond donors (Lipinski definition) is 5. The summed E-state index contributed by atoms with van der Waals surface area (Å²) in [5.74, 6) is -1.66. The van der Waals surface area contributed by atoms with Gasteiger partial charge in [0.15, 0.2) is 6.17 Å². The minimum atomic E-state index is -1.61. The zero-order chi connectivity index (χ0) is 18.9. The molecule has 0 bridgehead atoms. The van der Waals surface area contributed by atoms with Crippen LogP contribution in [0.2, 0.25) is 0 Å². The van der Waals surface area contributed by atoms with Gasteiger partial charge in [0.05, 0.1) is 0 Å². The van der Waals surface area contributed by atoms with Crippen molar-refractivity contribution in [2.24, 2.45) is 0 Å². The van der Waals surface area contributed by atoms with Crippen molar-refractivity contribution in [2.45, 2.75) is 32.1 Å². The Labute approximate surface area is 137 Å². The zero-order valence-corrected chi connectivity index (χ0v) is 12.9. The van der Waals surface area contributed by atoms with Crippen molar-refractivity contribution in [2.75, 3.05) is 0 Å². The second-order valence-electron chi connectivity index (χ2n) is 4.47. The van der Waals surface area contributed by atoms with Crippen molar-refractivity contribution >= 4 is 29.6 Å². The van der Waals surface area contributed by atoms with Crippen LogP contribution in [-0.4, -0.2) is 53.0 Å². The minimum absolute atomic E-state index is 0.788. The van der Waals surface area contributed by atoms with Crippen LogP contribution in [0.5, 0.6) is 0 Å². The predicted molar refractivity (Wildman–Crippen MR) is 80.6 cm³/mol. The molecule has 5 N–H and O–H groups in total. The predicted octanol–water partition coefficient (Wildman–Crippen LogP) is -3.09. The van der Waals surface area contributed by atoms with E-state index in [1.165, 1.54) is 13.8 Å². The number of hydrogen-bond acceptors (Lipinski definition) is 5. The van der Waals surface area contributed by atoms with Gasteiger partial charge in [-0.15, -0.1) is 12.8 Å². The van der Waals surface area contributed by atoms with E-state index in [9.17, 15) is 24.0 Å². The number of aliphatic carboxylic acids is 1. The molecule has 0 saturated carbocycles. The molecule has 2 atom stereocenters. The Hall–Kier alpha value is -3.53. The van der Waals surface area contributed by atoms with Crippen LogP contribution in [0.15, 0.2) is 0 Å². The summed E-state index contributed by atoms with van der Waals surface area (Å²) in [6, 6.07) is -2.33. The summed E-state index contributed by atoms with van der Waals surface area (Å²) in [7, 11) is 0. The summed E-state index contributed by atoms with van der Waals surface area (Å²) in [4.78, 5) is 56.7. The van der Waals surface area contributed by atoms with Gasteiger partial charge in [-0.3, -0.25) is 24.0 Å². The third-order valence-electron chi connectivity index (χ3n) is 2.56. The van der Waals surface area contributed by atoms with Gasteiger partial charge in [-0.05, 0) is 25.7 Å². The molecule has 4 amide bonds. The molecule has 2 unspecified atom stereocenters. The quantitative estimate of drug-likeness (QED) is 0.245. The summed E-state index contributed by atoms with van der Waals surface area (Å²) in [5.41, 5.74) is 0. The Kier molecular flexibility index (Phi) is 8.09. The second-order valence-corrected chi connectivity index (χ2v) is 4.47. The van der Waals surface area contributed by atoms with Crippen LogP contribution >= 0.6 is 0 Å². The highest BCUT2D eigenvalue weighted by Crippen LogP contribution is 1.90. The number of carboxylic acid groups (broad SMARTS) is 1. The molecule has 10 nitrogen and oxygen atoms in total. The Morgan fingerprint density at radius 1 is 0.792 bits per heavy atom. The SMILES string of the molecule is C#CC(=O)NC(NC(=O)C#C)C(=O)NC(C)C(=O)NC(C)C(=O)O. The monoisotopic (exact) mass is 336 g/mol. The highest BCUT2D eigenvalue weighted by molar-refractivity contribution is 6.01. The molecule has 0 heterocycles. The van der Waals surface area contributed by atoms with Gasteiger partial charge in [-0.25, -0.2) is 0 Å². The van der Waals surface area contributed by atoms with E-state index in [1.807, 2.05) is 10.6 Å². The van der Waals surface area contributed by atoms with Gasteiger partial charge < -0.3 is 26.4 Å². The fraction of sp³-hybridized carbons (Fsp3) is 0.357. The van der Waals surface area contributed by atoms with E-state index in [4.69, 9.17) is 18.0 Å². The molecule has 0 radical (unpaired) electrons. The van der Waals surface area contributed by atoms with E-state index in [-0.39, 0.29) is 0 Å². The maximum Gasteiger partial charge on any atom is 0.325 e. The summed E-state index contributed by atoms with van der Waals surface area (Å²) in [6.07, 6.45) is 8.09. The molecular formula is C14H16N4O6. The third kappa shape index (κ3) is 6.95. The third-order valence-corrected chi connectivity index (χ3v) is 2.56. The van der Waals surface area contributed by atoms with Gasteiger partial charge in [-0.2, -0.15) is 0 Å². The van der Waals surface area contributed by atoms with Gasteiger partial charge in [0, 0.05) is 0 Å². The van der Waals surface area contributed by atoms with Gasteiger partial charge in [0.1, 0.15) is 12.1 Å². The number of rotatable bonds is 7. The number of carbonyl (C=O) groups excluding carboxylic acids is 4. The second kappa shape index (κ2) is 9.48. The highest BCUT2D eigenvalue weighted by Gasteiger charge is 2.26. The molecular weight excluding hydrogens is 320 g/mol. The zero-order valence-electron chi connectivity index (χ0n) is 12.9. The normalized spacial score (nSPS) is 11.9. The molecule has 0 aliphatic rings. The van der Waals surface area contributed by atoms with Gasteiger partial charge in [0.25, 0.3) is 17.7 Å². The van der Waals surface area contributed by atoms with Crippen molar-refractivity contribution < 1.29 is 29.1 Å². The van der Waals surface area contributed by atoms with Crippen LogP contribution in [0.25, 0.3) is 0 Å².